The average molecular weight is 208 g/mol. The summed E-state index contributed by atoms with van der Waals surface area (Å²) in [6, 6.07) is 8.99. The van der Waals surface area contributed by atoms with Crippen molar-refractivity contribution in [1.82, 2.24) is 0 Å². The van der Waals surface area contributed by atoms with Crippen molar-refractivity contribution in [3.05, 3.63) is 30.3 Å². The van der Waals surface area contributed by atoms with Crippen LogP contribution in [0.5, 0.6) is 5.75 Å². The van der Waals surface area contributed by atoms with Crippen LogP contribution in [0.4, 0.5) is 0 Å². The zero-order valence-electron chi connectivity index (χ0n) is 8.85. The Morgan fingerprint density at radius 1 is 1.40 bits per heavy atom. The zero-order valence-corrected chi connectivity index (χ0v) is 8.85. The van der Waals surface area contributed by atoms with E-state index in [2.05, 4.69) is 0 Å². The number of esters is 1. The molecule has 3 heteroatoms. The van der Waals surface area contributed by atoms with Crippen LogP contribution in [-0.4, -0.2) is 17.7 Å². The SMILES string of the molecule is C[C@@H](CCO)CC(=O)Oc1ccccc1. The van der Waals surface area contributed by atoms with Gasteiger partial charge in [-0.15, -0.1) is 0 Å². The molecule has 0 aromatic heterocycles. The molecule has 15 heavy (non-hydrogen) atoms. The van der Waals surface area contributed by atoms with Crippen LogP contribution in [0.15, 0.2) is 30.3 Å². The summed E-state index contributed by atoms with van der Waals surface area (Å²) in [5.41, 5.74) is 0. The molecular weight excluding hydrogens is 192 g/mol. The summed E-state index contributed by atoms with van der Waals surface area (Å²) in [4.78, 5) is 11.4. The van der Waals surface area contributed by atoms with E-state index in [0.717, 1.165) is 0 Å². The largest absolute Gasteiger partial charge is 0.427 e. The van der Waals surface area contributed by atoms with Crippen LogP contribution in [0, 0.1) is 5.92 Å². The second-order valence-corrected chi connectivity index (χ2v) is 3.61. The Kier molecular flexibility index (Phi) is 4.84. The molecule has 1 atom stereocenters. The number of benzene rings is 1. The molecule has 0 unspecified atom stereocenters. The molecule has 1 aromatic carbocycles. The maximum absolute atomic E-state index is 11.4. The third-order valence-electron chi connectivity index (χ3n) is 2.11. The molecule has 0 radical (unpaired) electrons. The summed E-state index contributed by atoms with van der Waals surface area (Å²) < 4.78 is 5.11. The summed E-state index contributed by atoms with van der Waals surface area (Å²) >= 11 is 0. The van der Waals surface area contributed by atoms with E-state index >= 15 is 0 Å². The van der Waals surface area contributed by atoms with Gasteiger partial charge in [-0.25, -0.2) is 0 Å². The number of aliphatic hydroxyl groups excluding tert-OH is 1. The molecule has 0 saturated heterocycles. The summed E-state index contributed by atoms with van der Waals surface area (Å²) in [5.74, 6) is 0.479. The standard InChI is InChI=1S/C12H16O3/c1-10(7-8-13)9-12(14)15-11-5-3-2-4-6-11/h2-6,10,13H,7-9H2,1H3/t10-/m0/s1. The normalized spacial score (nSPS) is 12.1. The predicted molar refractivity (Wildman–Crippen MR) is 57.6 cm³/mol. The molecule has 1 N–H and O–H groups in total. The number of carbonyl (C=O) groups excluding carboxylic acids is 1. The van der Waals surface area contributed by atoms with E-state index in [0.29, 0.717) is 18.6 Å². The Hall–Kier alpha value is -1.35. The third-order valence-corrected chi connectivity index (χ3v) is 2.11. The van der Waals surface area contributed by atoms with Crippen molar-refractivity contribution in [3.63, 3.8) is 0 Å². The van der Waals surface area contributed by atoms with Crippen LogP contribution in [-0.2, 0) is 4.79 Å². The molecule has 3 nitrogen and oxygen atoms in total. The maximum atomic E-state index is 11.4. The highest BCUT2D eigenvalue weighted by Gasteiger charge is 2.10. The Morgan fingerprint density at radius 2 is 2.07 bits per heavy atom. The van der Waals surface area contributed by atoms with Crippen molar-refractivity contribution in [2.75, 3.05) is 6.61 Å². The van der Waals surface area contributed by atoms with Crippen LogP contribution >= 0.6 is 0 Å². The van der Waals surface area contributed by atoms with Crippen LogP contribution in [0.3, 0.4) is 0 Å². The Bertz CT molecular complexity index is 295. The van der Waals surface area contributed by atoms with Gasteiger partial charge in [-0.05, 0) is 24.5 Å². The zero-order chi connectivity index (χ0) is 11.1. The maximum Gasteiger partial charge on any atom is 0.311 e. The highest BCUT2D eigenvalue weighted by molar-refractivity contribution is 5.72. The van der Waals surface area contributed by atoms with E-state index in [1.165, 1.54) is 0 Å². The van der Waals surface area contributed by atoms with E-state index in [4.69, 9.17) is 9.84 Å². The number of carbonyl (C=O) groups is 1. The Balaban J connectivity index is 2.36. The molecule has 82 valence electrons. The quantitative estimate of drug-likeness (QED) is 0.594. The van der Waals surface area contributed by atoms with Gasteiger partial charge in [0.2, 0.25) is 0 Å². The summed E-state index contributed by atoms with van der Waals surface area (Å²) in [6.45, 7) is 2.03. The fourth-order valence-corrected chi connectivity index (χ4v) is 1.27. The van der Waals surface area contributed by atoms with Gasteiger partial charge in [0.15, 0.2) is 0 Å². The van der Waals surface area contributed by atoms with E-state index in [-0.39, 0.29) is 18.5 Å². The first kappa shape index (κ1) is 11.7. The summed E-state index contributed by atoms with van der Waals surface area (Å²) in [5, 5.41) is 8.69. The van der Waals surface area contributed by atoms with Gasteiger partial charge >= 0.3 is 5.97 Å². The van der Waals surface area contributed by atoms with Crippen LogP contribution in [0.25, 0.3) is 0 Å². The molecule has 1 aromatic rings. The van der Waals surface area contributed by atoms with Crippen molar-refractivity contribution in [3.8, 4) is 5.75 Å². The molecule has 0 bridgehead atoms. The lowest BCUT2D eigenvalue weighted by molar-refractivity contribution is -0.135. The van der Waals surface area contributed by atoms with Gasteiger partial charge in [-0.3, -0.25) is 4.79 Å². The predicted octanol–water partition coefficient (Wildman–Crippen LogP) is 2.00. The molecule has 0 fully saturated rings. The van der Waals surface area contributed by atoms with Crippen molar-refractivity contribution in [2.24, 2.45) is 5.92 Å². The molecular formula is C12H16O3. The molecule has 0 aliphatic rings. The lowest BCUT2D eigenvalue weighted by atomic mass is 10.1. The topological polar surface area (TPSA) is 46.5 Å². The van der Waals surface area contributed by atoms with Crippen molar-refractivity contribution in [2.45, 2.75) is 19.8 Å². The smallest absolute Gasteiger partial charge is 0.311 e. The van der Waals surface area contributed by atoms with E-state index < -0.39 is 0 Å². The second kappa shape index (κ2) is 6.19. The van der Waals surface area contributed by atoms with Crippen molar-refractivity contribution < 1.29 is 14.6 Å². The monoisotopic (exact) mass is 208 g/mol. The second-order valence-electron chi connectivity index (χ2n) is 3.61. The molecule has 0 heterocycles. The number of para-hydroxylation sites is 1. The fraction of sp³-hybridized carbons (Fsp3) is 0.417. The van der Waals surface area contributed by atoms with E-state index in [1.54, 1.807) is 12.1 Å². The Labute approximate surface area is 89.7 Å². The average Bonchev–Trinajstić information content (AvgIpc) is 2.19. The first-order valence-electron chi connectivity index (χ1n) is 5.09. The van der Waals surface area contributed by atoms with Gasteiger partial charge in [0.25, 0.3) is 0 Å². The number of hydrogen-bond donors (Lipinski definition) is 1. The number of ether oxygens (including phenoxy) is 1. The highest BCUT2D eigenvalue weighted by Crippen LogP contribution is 2.12. The van der Waals surface area contributed by atoms with Gasteiger partial charge in [-0.1, -0.05) is 25.1 Å². The van der Waals surface area contributed by atoms with Gasteiger partial charge in [0.1, 0.15) is 5.75 Å². The van der Waals surface area contributed by atoms with Gasteiger partial charge in [0, 0.05) is 13.0 Å². The summed E-state index contributed by atoms with van der Waals surface area (Å²) in [6.07, 6.45) is 0.972. The molecule has 0 saturated carbocycles. The first-order chi connectivity index (χ1) is 7.22. The summed E-state index contributed by atoms with van der Waals surface area (Å²) in [7, 11) is 0. The minimum atomic E-state index is -0.248. The van der Waals surface area contributed by atoms with E-state index in [9.17, 15) is 4.79 Å². The van der Waals surface area contributed by atoms with Gasteiger partial charge < -0.3 is 9.84 Å². The van der Waals surface area contributed by atoms with Crippen LogP contribution < -0.4 is 4.74 Å². The van der Waals surface area contributed by atoms with Crippen LogP contribution in [0.2, 0.25) is 0 Å². The van der Waals surface area contributed by atoms with Crippen molar-refractivity contribution >= 4 is 5.97 Å². The van der Waals surface area contributed by atoms with Gasteiger partial charge in [-0.2, -0.15) is 0 Å². The lowest BCUT2D eigenvalue weighted by Gasteiger charge is -2.08. The minimum Gasteiger partial charge on any atom is -0.427 e. The minimum absolute atomic E-state index is 0.111. The molecule has 0 aliphatic carbocycles. The molecule has 0 aliphatic heterocycles. The van der Waals surface area contributed by atoms with Crippen molar-refractivity contribution in [1.29, 1.82) is 0 Å². The van der Waals surface area contributed by atoms with Gasteiger partial charge in [0.05, 0.1) is 0 Å². The number of hydrogen-bond acceptors (Lipinski definition) is 3. The Morgan fingerprint density at radius 3 is 2.67 bits per heavy atom. The lowest BCUT2D eigenvalue weighted by Crippen LogP contribution is -2.13. The number of rotatable bonds is 5. The number of aliphatic hydroxyl groups is 1. The highest BCUT2D eigenvalue weighted by atomic mass is 16.5. The van der Waals surface area contributed by atoms with Crippen LogP contribution in [0.1, 0.15) is 19.8 Å². The van der Waals surface area contributed by atoms with E-state index in [1.807, 2.05) is 25.1 Å². The first-order valence-corrected chi connectivity index (χ1v) is 5.09. The molecule has 1 rings (SSSR count). The molecule has 0 spiro atoms. The third kappa shape index (κ3) is 4.61. The molecule has 0 amide bonds. The fourth-order valence-electron chi connectivity index (χ4n) is 1.27.